The van der Waals surface area contributed by atoms with E-state index in [4.69, 9.17) is 0 Å². The van der Waals surface area contributed by atoms with Crippen LogP contribution in [0.15, 0.2) is 0 Å². The molecule has 0 heterocycles. The zero-order valence-electron chi connectivity index (χ0n) is 2.88. The molecule has 4 nitrogen and oxygen atoms in total. The van der Waals surface area contributed by atoms with Crippen LogP contribution in [0.3, 0.4) is 0 Å². The van der Waals surface area contributed by atoms with Gasteiger partial charge < -0.3 is 0 Å². The predicted octanol–water partition coefficient (Wildman–Crippen LogP) is -2.14. The summed E-state index contributed by atoms with van der Waals surface area (Å²) < 4.78 is 19.1. The van der Waals surface area contributed by atoms with Crippen molar-refractivity contribution in [1.29, 1.82) is 0 Å². The standard InChI is InChI=1S/BH3N2O2S/c1-6(4,5)3-2/h3H,2H2. The SMILES string of the molecule is [B]S(=O)(=O)NN. The van der Waals surface area contributed by atoms with Crippen LogP contribution in [0.2, 0.25) is 0 Å². The summed E-state index contributed by atoms with van der Waals surface area (Å²) in [6.45, 7) is 0. The summed E-state index contributed by atoms with van der Waals surface area (Å²) >= 11 is 0. The Morgan fingerprint density at radius 3 is 1.83 bits per heavy atom. The molecule has 0 atom stereocenters. The molecule has 0 aromatic carbocycles. The van der Waals surface area contributed by atoms with Crippen LogP contribution >= 0.6 is 0 Å². The Hall–Kier alpha value is -0.0651. The predicted molar refractivity (Wildman–Crippen MR) is 22.0 cm³/mol. The Kier molecular flexibility index (Phi) is 1.57. The molecule has 0 fully saturated rings. The molecule has 0 aliphatic heterocycles. The lowest BCUT2D eigenvalue weighted by Crippen LogP contribution is -2.29. The van der Waals surface area contributed by atoms with E-state index in [0.717, 1.165) is 0 Å². The lowest BCUT2D eigenvalue weighted by atomic mass is 10.8. The third-order valence-corrected chi connectivity index (χ3v) is 0.493. The van der Waals surface area contributed by atoms with E-state index in [9.17, 15) is 8.42 Å². The van der Waals surface area contributed by atoms with Gasteiger partial charge in [-0.2, -0.15) is 4.83 Å². The van der Waals surface area contributed by atoms with Gasteiger partial charge in [-0.1, -0.05) is 0 Å². The maximum absolute atomic E-state index is 9.54. The smallest absolute Gasteiger partial charge is 0.259 e. The summed E-state index contributed by atoms with van der Waals surface area (Å²) in [5.74, 6) is 4.34. The second-order valence-corrected chi connectivity index (χ2v) is 1.99. The van der Waals surface area contributed by atoms with Crippen molar-refractivity contribution in [3.63, 3.8) is 0 Å². The molecule has 0 aromatic heterocycles. The van der Waals surface area contributed by atoms with Gasteiger partial charge in [-0.05, 0) is 0 Å². The van der Waals surface area contributed by atoms with Crippen LogP contribution in [0.25, 0.3) is 0 Å². The molecular formula is H3BN2O2S. The van der Waals surface area contributed by atoms with Crippen molar-refractivity contribution in [2.24, 2.45) is 5.84 Å². The van der Waals surface area contributed by atoms with Crippen molar-refractivity contribution in [1.82, 2.24) is 4.83 Å². The summed E-state index contributed by atoms with van der Waals surface area (Å²) in [5.41, 5.74) is 0. The van der Waals surface area contributed by atoms with Gasteiger partial charge in [0.15, 0.2) is 9.87 Å². The highest BCUT2D eigenvalue weighted by atomic mass is 32.2. The Labute approximate surface area is 37.0 Å². The third kappa shape index (κ3) is 3.93. The summed E-state index contributed by atoms with van der Waals surface area (Å²) in [7, 11) is 0.637. The first-order valence-electron chi connectivity index (χ1n) is 1.06. The van der Waals surface area contributed by atoms with Crippen molar-refractivity contribution < 1.29 is 8.42 Å². The van der Waals surface area contributed by atoms with Crippen LogP contribution < -0.4 is 10.7 Å². The van der Waals surface area contributed by atoms with E-state index >= 15 is 0 Å². The first kappa shape index (κ1) is 5.93. The molecule has 0 aliphatic rings. The first-order chi connectivity index (χ1) is 2.56. The zero-order chi connectivity index (χ0) is 5.21. The minimum atomic E-state index is -3.63. The fourth-order valence-corrected chi connectivity index (χ4v) is 0. The fraction of sp³-hybridized carbons (Fsp3) is 0. The van der Waals surface area contributed by atoms with Crippen LogP contribution in [0, 0.1) is 0 Å². The van der Waals surface area contributed by atoms with E-state index < -0.39 is 9.87 Å². The van der Waals surface area contributed by atoms with Gasteiger partial charge in [-0.15, -0.1) is 0 Å². The zero-order valence-corrected chi connectivity index (χ0v) is 3.70. The average molecular weight is 106 g/mol. The second kappa shape index (κ2) is 1.59. The van der Waals surface area contributed by atoms with Crippen molar-refractivity contribution >= 4 is 17.0 Å². The van der Waals surface area contributed by atoms with E-state index in [1.165, 1.54) is 4.83 Å². The first-order valence-corrected chi connectivity index (χ1v) is 2.61. The van der Waals surface area contributed by atoms with E-state index in [2.05, 4.69) is 13.0 Å². The summed E-state index contributed by atoms with van der Waals surface area (Å²) in [4.78, 5) is 1.35. The number of hydrazine groups is 1. The fourth-order valence-electron chi connectivity index (χ4n) is 0. The molecule has 0 spiro atoms. The Morgan fingerprint density at radius 1 is 1.67 bits per heavy atom. The van der Waals surface area contributed by atoms with Crippen LogP contribution in [-0.2, 0) is 9.87 Å². The van der Waals surface area contributed by atoms with Gasteiger partial charge in [0.05, 0.1) is 0 Å². The maximum atomic E-state index is 9.54. The molecule has 0 unspecified atom stereocenters. The van der Waals surface area contributed by atoms with Gasteiger partial charge in [0.1, 0.15) is 0 Å². The molecule has 0 bridgehead atoms. The van der Waals surface area contributed by atoms with Gasteiger partial charge >= 0.3 is 0 Å². The third-order valence-electron chi connectivity index (χ3n) is 0.164. The van der Waals surface area contributed by atoms with E-state index in [1.54, 1.807) is 0 Å². The Bertz CT molecular complexity index is 114. The lowest BCUT2D eigenvalue weighted by Gasteiger charge is -1.86. The minimum Gasteiger partial charge on any atom is -0.259 e. The van der Waals surface area contributed by atoms with Crippen molar-refractivity contribution in [2.45, 2.75) is 0 Å². The summed E-state index contributed by atoms with van der Waals surface area (Å²) in [6, 6.07) is 0. The number of hydrogen-bond acceptors (Lipinski definition) is 3. The van der Waals surface area contributed by atoms with Crippen molar-refractivity contribution in [3.8, 4) is 0 Å². The highest BCUT2D eigenvalue weighted by Gasteiger charge is 1.89. The quantitative estimate of drug-likeness (QED) is 0.227. The number of nitrogens with two attached hydrogens (primary N) is 1. The van der Waals surface area contributed by atoms with E-state index in [0.29, 0.717) is 0 Å². The van der Waals surface area contributed by atoms with Gasteiger partial charge in [0, 0.05) is 0 Å². The molecular weight excluding hydrogens is 103 g/mol. The molecule has 0 aromatic rings. The molecule has 0 amide bonds. The molecule has 0 rings (SSSR count). The Balaban J connectivity index is 3.85. The molecule has 0 saturated heterocycles. The topological polar surface area (TPSA) is 72.2 Å². The number of rotatable bonds is 1. The van der Waals surface area contributed by atoms with Gasteiger partial charge in [0.25, 0.3) is 7.12 Å². The van der Waals surface area contributed by atoms with Gasteiger partial charge in [0.2, 0.25) is 0 Å². The largest absolute Gasteiger partial charge is 0.279 e. The van der Waals surface area contributed by atoms with Crippen LogP contribution in [0.4, 0.5) is 0 Å². The highest BCUT2D eigenvalue weighted by molar-refractivity contribution is 8.10. The highest BCUT2D eigenvalue weighted by Crippen LogP contribution is 1.57. The average Bonchev–Trinajstić information content (AvgIpc) is 1.35. The molecule has 6 heavy (non-hydrogen) atoms. The molecule has 34 valence electrons. The van der Waals surface area contributed by atoms with E-state index in [-0.39, 0.29) is 0 Å². The lowest BCUT2D eigenvalue weighted by molar-refractivity contribution is 0.598. The number of nitrogens with one attached hydrogen (secondary N) is 1. The van der Waals surface area contributed by atoms with Crippen LogP contribution in [0.5, 0.6) is 0 Å². The summed E-state index contributed by atoms with van der Waals surface area (Å²) in [5, 5.41) is 0. The molecule has 3 N–H and O–H groups in total. The number of hydrogen-bond donors (Lipinski definition) is 2. The molecule has 0 aliphatic carbocycles. The molecule has 6 heteroatoms. The molecule has 0 saturated carbocycles. The van der Waals surface area contributed by atoms with Crippen LogP contribution in [0.1, 0.15) is 0 Å². The second-order valence-electron chi connectivity index (χ2n) is 0.663. The van der Waals surface area contributed by atoms with Gasteiger partial charge in [-0.25, -0.2) is 8.42 Å². The molecule has 2 radical (unpaired) electrons. The van der Waals surface area contributed by atoms with Crippen LogP contribution in [-0.4, -0.2) is 15.5 Å². The Morgan fingerprint density at radius 2 is 1.83 bits per heavy atom. The van der Waals surface area contributed by atoms with Crippen molar-refractivity contribution in [3.05, 3.63) is 0 Å². The normalized spacial score (nSPS) is 11.5. The minimum absolute atomic E-state index is 1.35. The maximum Gasteiger partial charge on any atom is 0.279 e. The monoisotopic (exact) mass is 106 g/mol. The van der Waals surface area contributed by atoms with Crippen molar-refractivity contribution in [2.75, 3.05) is 0 Å². The van der Waals surface area contributed by atoms with E-state index in [1.807, 2.05) is 0 Å². The summed E-state index contributed by atoms with van der Waals surface area (Å²) in [6.07, 6.45) is 0. The van der Waals surface area contributed by atoms with Gasteiger partial charge in [-0.3, -0.25) is 5.84 Å².